The maximum Gasteiger partial charge on any atom is -0.0388 e. The fourth-order valence-electron chi connectivity index (χ4n) is 3.09. The average molecular weight is 255 g/mol. The molecule has 0 spiro atoms. The molecule has 1 aliphatic carbocycles. The highest BCUT2D eigenvalue weighted by Crippen LogP contribution is 2.31. The van der Waals surface area contributed by atoms with Crippen molar-refractivity contribution in [1.29, 1.82) is 0 Å². The predicted octanol–water partition coefficient (Wildman–Crippen LogP) is 6.84. The quantitative estimate of drug-likeness (QED) is 0.487. The highest BCUT2D eigenvalue weighted by atomic mass is 14.2. The maximum atomic E-state index is 2.44. The standard InChI is InChI=1S/C11H22.C7H16/c1-3-7-10(2)11-8-5-4-6-9-11;1-4-6-7(3)5-2/h10-11H,3-9H2,1-2H3;7H,4-6H2,1-3H3. The van der Waals surface area contributed by atoms with E-state index in [9.17, 15) is 0 Å². The van der Waals surface area contributed by atoms with Crippen LogP contribution < -0.4 is 0 Å². The van der Waals surface area contributed by atoms with Gasteiger partial charge in [-0.2, -0.15) is 0 Å². The van der Waals surface area contributed by atoms with Crippen LogP contribution >= 0.6 is 0 Å². The van der Waals surface area contributed by atoms with Crippen molar-refractivity contribution < 1.29 is 0 Å². The molecule has 0 aromatic rings. The monoisotopic (exact) mass is 254 g/mol. The van der Waals surface area contributed by atoms with Crippen molar-refractivity contribution in [2.45, 2.75) is 98.8 Å². The normalized spacial score (nSPS) is 19.8. The summed E-state index contributed by atoms with van der Waals surface area (Å²) < 4.78 is 0. The van der Waals surface area contributed by atoms with Crippen LogP contribution in [0.2, 0.25) is 0 Å². The van der Waals surface area contributed by atoms with Crippen molar-refractivity contribution in [2.24, 2.45) is 17.8 Å². The maximum absolute atomic E-state index is 2.44. The van der Waals surface area contributed by atoms with Crippen LogP contribution in [0.25, 0.3) is 0 Å². The van der Waals surface area contributed by atoms with Crippen molar-refractivity contribution in [1.82, 2.24) is 0 Å². The van der Waals surface area contributed by atoms with E-state index < -0.39 is 0 Å². The van der Waals surface area contributed by atoms with Gasteiger partial charge in [-0.05, 0) is 17.8 Å². The van der Waals surface area contributed by atoms with Crippen molar-refractivity contribution in [3.63, 3.8) is 0 Å². The summed E-state index contributed by atoms with van der Waals surface area (Å²) in [5.41, 5.74) is 0. The van der Waals surface area contributed by atoms with Crippen molar-refractivity contribution in [3.05, 3.63) is 0 Å². The Morgan fingerprint density at radius 2 is 1.39 bits per heavy atom. The molecule has 0 amide bonds. The highest BCUT2D eigenvalue weighted by Gasteiger charge is 2.18. The van der Waals surface area contributed by atoms with Crippen LogP contribution in [0.4, 0.5) is 0 Å². The smallest absolute Gasteiger partial charge is 0.0388 e. The molecule has 1 aliphatic rings. The lowest BCUT2D eigenvalue weighted by Gasteiger charge is -2.27. The first kappa shape index (κ1) is 18.0. The van der Waals surface area contributed by atoms with Gasteiger partial charge in [0.05, 0.1) is 0 Å². The van der Waals surface area contributed by atoms with E-state index in [0.29, 0.717) is 0 Å². The lowest BCUT2D eigenvalue weighted by Crippen LogP contribution is -2.14. The zero-order valence-electron chi connectivity index (χ0n) is 13.8. The minimum atomic E-state index is 0.949. The van der Waals surface area contributed by atoms with Gasteiger partial charge in [-0.1, -0.05) is 98.8 Å². The van der Waals surface area contributed by atoms with Gasteiger partial charge in [0.15, 0.2) is 0 Å². The third kappa shape index (κ3) is 9.00. The number of rotatable bonds is 6. The van der Waals surface area contributed by atoms with Crippen LogP contribution in [0.1, 0.15) is 98.8 Å². The fraction of sp³-hybridized carbons (Fsp3) is 1.00. The minimum absolute atomic E-state index is 0.949. The topological polar surface area (TPSA) is 0 Å². The molecule has 2 unspecified atom stereocenters. The second kappa shape index (κ2) is 12.1. The molecule has 18 heavy (non-hydrogen) atoms. The Bertz CT molecular complexity index is 155. The largest absolute Gasteiger partial charge is 0.0654 e. The molecule has 0 aliphatic heterocycles. The van der Waals surface area contributed by atoms with E-state index in [0.717, 1.165) is 17.8 Å². The number of hydrogen-bond donors (Lipinski definition) is 0. The van der Waals surface area contributed by atoms with Gasteiger partial charge in [-0.15, -0.1) is 0 Å². The molecule has 1 rings (SSSR count). The lowest BCUT2D eigenvalue weighted by atomic mass is 9.79. The predicted molar refractivity (Wildman–Crippen MR) is 85.0 cm³/mol. The molecule has 0 aromatic heterocycles. The minimum Gasteiger partial charge on any atom is -0.0654 e. The second-order valence-electron chi connectivity index (χ2n) is 6.47. The van der Waals surface area contributed by atoms with E-state index in [2.05, 4.69) is 34.6 Å². The van der Waals surface area contributed by atoms with E-state index in [1.54, 1.807) is 0 Å². The summed E-state index contributed by atoms with van der Waals surface area (Å²) in [5, 5.41) is 0. The molecule has 0 bridgehead atoms. The Kier molecular flexibility index (Phi) is 12.1. The summed E-state index contributed by atoms with van der Waals surface area (Å²) in [6, 6.07) is 0. The molecule has 0 heterocycles. The molecular formula is C18H38. The van der Waals surface area contributed by atoms with Crippen molar-refractivity contribution in [3.8, 4) is 0 Å². The zero-order valence-corrected chi connectivity index (χ0v) is 13.8. The average Bonchev–Trinajstić information content (AvgIpc) is 2.41. The molecule has 0 heteroatoms. The Balaban J connectivity index is 0.000000360. The Labute approximate surface area is 117 Å². The van der Waals surface area contributed by atoms with E-state index in [4.69, 9.17) is 0 Å². The zero-order chi connectivity index (χ0) is 13.8. The molecule has 0 saturated heterocycles. The van der Waals surface area contributed by atoms with E-state index >= 15 is 0 Å². The van der Waals surface area contributed by atoms with Gasteiger partial charge in [-0.25, -0.2) is 0 Å². The molecule has 0 aromatic carbocycles. The summed E-state index contributed by atoms with van der Waals surface area (Å²) in [5.74, 6) is 3.02. The second-order valence-corrected chi connectivity index (χ2v) is 6.47. The van der Waals surface area contributed by atoms with Crippen LogP contribution in [-0.4, -0.2) is 0 Å². The Morgan fingerprint density at radius 3 is 1.78 bits per heavy atom. The van der Waals surface area contributed by atoms with Crippen molar-refractivity contribution in [2.75, 3.05) is 0 Å². The Morgan fingerprint density at radius 1 is 0.833 bits per heavy atom. The van der Waals surface area contributed by atoms with Crippen LogP contribution in [0.3, 0.4) is 0 Å². The van der Waals surface area contributed by atoms with E-state index in [-0.39, 0.29) is 0 Å². The molecule has 0 nitrogen and oxygen atoms in total. The highest BCUT2D eigenvalue weighted by molar-refractivity contribution is 4.70. The summed E-state index contributed by atoms with van der Waals surface area (Å²) >= 11 is 0. The first-order chi connectivity index (χ1) is 8.65. The fourth-order valence-corrected chi connectivity index (χ4v) is 3.09. The van der Waals surface area contributed by atoms with Gasteiger partial charge in [-0.3, -0.25) is 0 Å². The van der Waals surface area contributed by atoms with Crippen LogP contribution in [0.15, 0.2) is 0 Å². The summed E-state index contributed by atoms with van der Waals surface area (Å²) in [7, 11) is 0. The van der Waals surface area contributed by atoms with Crippen LogP contribution in [0.5, 0.6) is 0 Å². The Hall–Kier alpha value is 0. The molecule has 0 radical (unpaired) electrons. The van der Waals surface area contributed by atoms with Gasteiger partial charge in [0, 0.05) is 0 Å². The third-order valence-corrected chi connectivity index (χ3v) is 4.68. The van der Waals surface area contributed by atoms with Crippen LogP contribution in [0, 0.1) is 17.8 Å². The van der Waals surface area contributed by atoms with E-state index in [1.165, 1.54) is 64.2 Å². The van der Waals surface area contributed by atoms with Gasteiger partial charge in [0.2, 0.25) is 0 Å². The molecular weight excluding hydrogens is 216 g/mol. The molecule has 1 saturated carbocycles. The van der Waals surface area contributed by atoms with Gasteiger partial charge < -0.3 is 0 Å². The van der Waals surface area contributed by atoms with Gasteiger partial charge in [0.25, 0.3) is 0 Å². The number of hydrogen-bond acceptors (Lipinski definition) is 0. The van der Waals surface area contributed by atoms with Gasteiger partial charge >= 0.3 is 0 Å². The lowest BCUT2D eigenvalue weighted by molar-refractivity contribution is 0.251. The molecule has 0 N–H and O–H groups in total. The SMILES string of the molecule is CCCC(C)C1CCCCC1.CCCC(C)CC. The molecule has 110 valence electrons. The molecule has 2 atom stereocenters. The summed E-state index contributed by atoms with van der Waals surface area (Å²) in [6.07, 6.45) is 14.4. The third-order valence-electron chi connectivity index (χ3n) is 4.68. The first-order valence-corrected chi connectivity index (χ1v) is 8.65. The van der Waals surface area contributed by atoms with Crippen LogP contribution in [-0.2, 0) is 0 Å². The molecule has 1 fully saturated rings. The van der Waals surface area contributed by atoms with Crippen molar-refractivity contribution >= 4 is 0 Å². The van der Waals surface area contributed by atoms with Gasteiger partial charge in [0.1, 0.15) is 0 Å². The first-order valence-electron chi connectivity index (χ1n) is 8.65. The summed E-state index contributed by atoms with van der Waals surface area (Å²) in [4.78, 5) is 0. The summed E-state index contributed by atoms with van der Waals surface area (Å²) in [6.45, 7) is 11.6. The van der Waals surface area contributed by atoms with E-state index in [1.807, 2.05) is 0 Å².